The summed E-state index contributed by atoms with van der Waals surface area (Å²) in [7, 11) is 0. The van der Waals surface area contributed by atoms with Crippen molar-refractivity contribution in [2.45, 2.75) is 52.4 Å². The number of hydrogen-bond acceptors (Lipinski definition) is 4. The molecule has 0 bridgehead atoms. The van der Waals surface area contributed by atoms with Crippen LogP contribution in [0, 0.1) is 0 Å². The van der Waals surface area contributed by atoms with Crippen LogP contribution in [0.2, 0.25) is 0 Å². The Morgan fingerprint density at radius 1 is 0.682 bits per heavy atom. The molecule has 0 amide bonds. The standard InChI is InChI=1S/C39H40N4O/c1-38(2,3)26-18-19-40-37(22-26)43-33-13-9-8-12-31(33)32-17-16-29(24-36(32)43)44-30-21-27(39(4,5)6)20-28(23-30)42-25-41(7)34-14-10-11-15-35(34)42/h8-24H,25H2,1-7H3/i7D3. The second-order valence-electron chi connectivity index (χ2n) is 13.7. The molecule has 0 saturated carbocycles. The first kappa shape index (κ1) is 24.6. The molecule has 0 N–H and O–H groups in total. The summed E-state index contributed by atoms with van der Waals surface area (Å²) in [5, 5.41) is 2.28. The van der Waals surface area contributed by atoms with Gasteiger partial charge in [-0.25, -0.2) is 4.98 Å². The molecule has 0 fully saturated rings. The molecule has 222 valence electrons. The Morgan fingerprint density at radius 2 is 1.41 bits per heavy atom. The Labute approximate surface area is 264 Å². The topological polar surface area (TPSA) is 33.5 Å². The number of pyridine rings is 1. The second-order valence-corrected chi connectivity index (χ2v) is 13.7. The number of hydrogen-bond donors (Lipinski definition) is 0. The largest absolute Gasteiger partial charge is 0.457 e. The lowest BCUT2D eigenvalue weighted by Gasteiger charge is -2.25. The Kier molecular flexibility index (Phi) is 5.69. The van der Waals surface area contributed by atoms with Crippen molar-refractivity contribution < 1.29 is 8.85 Å². The maximum Gasteiger partial charge on any atom is 0.137 e. The number of nitrogens with zero attached hydrogens (tertiary/aromatic N) is 4. The third-order valence-electron chi connectivity index (χ3n) is 8.54. The van der Waals surface area contributed by atoms with Crippen molar-refractivity contribution in [2.75, 3.05) is 23.4 Å². The normalized spacial score (nSPS) is 14.9. The maximum absolute atomic E-state index is 8.17. The highest BCUT2D eigenvalue weighted by atomic mass is 16.5. The fraction of sp³-hybridized carbons (Fsp3) is 0.256. The monoisotopic (exact) mass is 583 g/mol. The van der Waals surface area contributed by atoms with Crippen molar-refractivity contribution in [2.24, 2.45) is 0 Å². The van der Waals surface area contributed by atoms with Crippen molar-refractivity contribution in [1.82, 2.24) is 9.55 Å². The minimum atomic E-state index is -2.26. The third kappa shape index (κ3) is 4.86. The molecule has 1 aliphatic heterocycles. The van der Waals surface area contributed by atoms with E-state index in [9.17, 15) is 0 Å². The van der Waals surface area contributed by atoms with Gasteiger partial charge >= 0.3 is 0 Å². The van der Waals surface area contributed by atoms with Gasteiger partial charge in [0, 0.05) is 45.9 Å². The molecule has 0 saturated heterocycles. The highest BCUT2D eigenvalue weighted by molar-refractivity contribution is 6.09. The van der Waals surface area contributed by atoms with Crippen LogP contribution in [-0.4, -0.2) is 23.2 Å². The summed E-state index contributed by atoms with van der Waals surface area (Å²) in [6.45, 7) is 11.1. The van der Waals surface area contributed by atoms with Crippen LogP contribution < -0.4 is 14.5 Å². The average Bonchev–Trinajstić information content (AvgIpc) is 3.57. The zero-order valence-electron chi connectivity index (χ0n) is 29.2. The SMILES string of the molecule is [2H]C([2H])([2H])N1CN(c2cc(Oc3ccc4c5ccccc5n(-c5cc(C(C)(C)C)ccn5)c4c3)cc(C(C)(C)C)c2)c2ccccc21. The molecule has 5 nitrogen and oxygen atoms in total. The minimum absolute atomic E-state index is 0.0170. The van der Waals surface area contributed by atoms with Gasteiger partial charge in [0.05, 0.1) is 29.1 Å². The summed E-state index contributed by atoms with van der Waals surface area (Å²) in [6.07, 6.45) is 1.89. The number of fused-ring (bicyclic) bond motifs is 4. The van der Waals surface area contributed by atoms with E-state index in [1.165, 1.54) is 10.5 Å². The molecule has 3 heterocycles. The van der Waals surface area contributed by atoms with Crippen LogP contribution in [0.3, 0.4) is 0 Å². The summed E-state index contributed by atoms with van der Waals surface area (Å²) in [4.78, 5) is 8.35. The molecule has 1 aliphatic rings. The maximum atomic E-state index is 8.17. The van der Waals surface area contributed by atoms with Crippen LogP contribution >= 0.6 is 0 Å². The number of para-hydroxylation sites is 3. The molecule has 5 heteroatoms. The van der Waals surface area contributed by atoms with E-state index in [0.717, 1.165) is 44.6 Å². The molecule has 2 aromatic heterocycles. The first-order valence-corrected chi connectivity index (χ1v) is 15.2. The zero-order chi connectivity index (χ0) is 33.3. The van der Waals surface area contributed by atoms with Gasteiger partial charge < -0.3 is 14.5 Å². The predicted molar refractivity (Wildman–Crippen MR) is 184 cm³/mol. The molecule has 0 unspecified atom stereocenters. The van der Waals surface area contributed by atoms with Crippen LogP contribution in [0.25, 0.3) is 27.6 Å². The molecule has 0 radical (unpaired) electrons. The summed E-state index contributed by atoms with van der Waals surface area (Å²) in [6, 6.07) is 32.8. The van der Waals surface area contributed by atoms with Crippen LogP contribution in [0.4, 0.5) is 17.1 Å². The van der Waals surface area contributed by atoms with Crippen molar-refractivity contribution in [1.29, 1.82) is 0 Å². The quantitative estimate of drug-likeness (QED) is 0.207. The van der Waals surface area contributed by atoms with Gasteiger partial charge in [-0.2, -0.15) is 0 Å². The summed E-state index contributed by atoms with van der Waals surface area (Å²) >= 11 is 0. The van der Waals surface area contributed by atoms with Gasteiger partial charge in [-0.1, -0.05) is 71.9 Å². The van der Waals surface area contributed by atoms with E-state index in [0.29, 0.717) is 17.2 Å². The van der Waals surface area contributed by atoms with Crippen LogP contribution in [-0.2, 0) is 10.8 Å². The Morgan fingerprint density at radius 3 is 2.18 bits per heavy atom. The van der Waals surface area contributed by atoms with Gasteiger partial charge in [-0.05, 0) is 76.6 Å². The van der Waals surface area contributed by atoms with E-state index < -0.39 is 6.98 Å². The lowest BCUT2D eigenvalue weighted by Crippen LogP contribution is -2.24. The van der Waals surface area contributed by atoms with Crippen molar-refractivity contribution in [3.63, 3.8) is 0 Å². The summed E-state index contributed by atoms with van der Waals surface area (Å²) < 4.78 is 33.4. The van der Waals surface area contributed by atoms with Gasteiger partial charge in [0.15, 0.2) is 0 Å². The van der Waals surface area contributed by atoms with Crippen LogP contribution in [0.5, 0.6) is 11.5 Å². The van der Waals surface area contributed by atoms with Gasteiger partial charge in [0.1, 0.15) is 17.3 Å². The fourth-order valence-corrected chi connectivity index (χ4v) is 6.07. The average molecular weight is 584 g/mol. The van der Waals surface area contributed by atoms with E-state index in [2.05, 4.69) is 112 Å². The Hall–Kier alpha value is -4.77. The third-order valence-corrected chi connectivity index (χ3v) is 8.54. The molecule has 4 aromatic carbocycles. The molecular formula is C39H40N4O. The van der Waals surface area contributed by atoms with Crippen molar-refractivity contribution in [3.8, 4) is 17.3 Å². The number of benzene rings is 4. The minimum Gasteiger partial charge on any atom is -0.457 e. The summed E-state index contributed by atoms with van der Waals surface area (Å²) in [5.41, 5.74) is 6.65. The van der Waals surface area contributed by atoms with Gasteiger partial charge in [-0.15, -0.1) is 0 Å². The molecule has 0 aliphatic carbocycles. The van der Waals surface area contributed by atoms with E-state index in [-0.39, 0.29) is 17.5 Å². The number of aromatic nitrogens is 2. The number of ether oxygens (including phenoxy) is 1. The first-order valence-electron chi connectivity index (χ1n) is 16.7. The second kappa shape index (κ2) is 10.2. The summed E-state index contributed by atoms with van der Waals surface area (Å²) in [5.74, 6) is 2.26. The molecule has 6 aromatic rings. The highest BCUT2D eigenvalue weighted by Crippen LogP contribution is 2.43. The smallest absolute Gasteiger partial charge is 0.137 e. The lowest BCUT2D eigenvalue weighted by atomic mass is 9.86. The van der Waals surface area contributed by atoms with Crippen molar-refractivity contribution >= 4 is 38.9 Å². The fourth-order valence-electron chi connectivity index (χ4n) is 6.07. The number of rotatable bonds is 4. The molecular weight excluding hydrogens is 540 g/mol. The molecule has 7 rings (SSSR count). The highest BCUT2D eigenvalue weighted by Gasteiger charge is 2.26. The predicted octanol–water partition coefficient (Wildman–Crippen LogP) is 10.1. The van der Waals surface area contributed by atoms with E-state index >= 15 is 0 Å². The van der Waals surface area contributed by atoms with E-state index in [1.807, 2.05) is 42.6 Å². The van der Waals surface area contributed by atoms with Crippen LogP contribution in [0.1, 0.15) is 56.8 Å². The molecule has 44 heavy (non-hydrogen) atoms. The lowest BCUT2D eigenvalue weighted by molar-refractivity contribution is 0.479. The zero-order valence-corrected chi connectivity index (χ0v) is 26.2. The number of anilines is 3. The Bertz CT molecular complexity index is 2140. The molecule has 0 spiro atoms. The first-order chi connectivity index (χ1) is 22.2. The molecule has 0 atom stereocenters. The van der Waals surface area contributed by atoms with Gasteiger partial charge in [0.2, 0.25) is 0 Å². The van der Waals surface area contributed by atoms with E-state index in [4.69, 9.17) is 13.8 Å². The van der Waals surface area contributed by atoms with Crippen LogP contribution in [0.15, 0.2) is 103 Å². The van der Waals surface area contributed by atoms with Gasteiger partial charge in [-0.3, -0.25) is 4.57 Å². The Balaban J connectivity index is 1.34. The van der Waals surface area contributed by atoms with Gasteiger partial charge in [0.25, 0.3) is 0 Å². The van der Waals surface area contributed by atoms with Crippen molar-refractivity contribution in [3.05, 3.63) is 114 Å². The van der Waals surface area contributed by atoms with E-state index in [1.54, 1.807) is 0 Å².